The second-order valence-electron chi connectivity index (χ2n) is 9.57. The van der Waals surface area contributed by atoms with Crippen LogP contribution in [0.2, 0.25) is 0 Å². The number of hydrogen-bond acceptors (Lipinski definition) is 6. The second-order valence-corrected chi connectivity index (χ2v) is 11.4. The van der Waals surface area contributed by atoms with Gasteiger partial charge in [-0.15, -0.1) is 0 Å². The van der Waals surface area contributed by atoms with Crippen LogP contribution in [0.1, 0.15) is 36.7 Å². The number of methoxy groups -OCH3 is 2. The molecule has 192 valence electrons. The van der Waals surface area contributed by atoms with Gasteiger partial charge in [0.15, 0.2) is 0 Å². The van der Waals surface area contributed by atoms with Gasteiger partial charge in [0, 0.05) is 12.1 Å². The lowest BCUT2D eigenvalue weighted by molar-refractivity contribution is 0.237. The zero-order valence-electron chi connectivity index (χ0n) is 20.8. The number of sulfonamides is 1. The van der Waals surface area contributed by atoms with Gasteiger partial charge in [-0.1, -0.05) is 36.4 Å². The number of aromatic nitrogens is 2. The molecule has 6 rings (SSSR count). The molecule has 1 aliphatic carbocycles. The lowest BCUT2D eigenvalue weighted by Crippen LogP contribution is -2.40. The maximum atomic E-state index is 14.1. The average Bonchev–Trinajstić information content (AvgIpc) is 3.67. The first kappa shape index (κ1) is 23.8. The van der Waals surface area contributed by atoms with Crippen LogP contribution >= 0.6 is 0 Å². The minimum absolute atomic E-state index is 0.0853. The van der Waals surface area contributed by atoms with Crippen molar-refractivity contribution >= 4 is 21.1 Å². The zero-order valence-corrected chi connectivity index (χ0v) is 21.6. The Bertz CT molecular complexity index is 1540. The number of hydrogen-bond donors (Lipinski definition) is 1. The standard InChI is InChI=1S/C28H29N3O5S/c1-34-21-13-14-23(35-2)25(16-21)37(32,33)31-20-12-11-19(15-20)27(31)28-29-22-9-6-10-24(26(22)30-28)36-17-18-7-4-3-5-8-18/h3-10,13-14,16,19-20,27H,11-12,15,17H2,1-2H3,(H,29,30)/t19-,20+,27-/m0/s1. The maximum absolute atomic E-state index is 14.1. The number of para-hydroxylation sites is 1. The molecule has 9 heteroatoms. The SMILES string of the molecule is COc1ccc(OC)c(S(=O)(=O)N2[C@@H]3CC[C@@H](C3)[C@H]2c2nc3c(OCc4ccccc4)cccc3[nH]2)c1. The van der Waals surface area contributed by atoms with Crippen molar-refractivity contribution in [1.82, 2.24) is 14.3 Å². The van der Waals surface area contributed by atoms with E-state index in [1.165, 1.54) is 20.3 Å². The van der Waals surface area contributed by atoms with Crippen LogP contribution in [0.5, 0.6) is 17.2 Å². The topological polar surface area (TPSA) is 93.8 Å². The molecule has 2 aliphatic rings. The molecule has 4 aromatic rings. The van der Waals surface area contributed by atoms with Gasteiger partial charge >= 0.3 is 0 Å². The number of fused-ring (bicyclic) bond motifs is 3. The van der Waals surface area contributed by atoms with Crippen LogP contribution in [0.3, 0.4) is 0 Å². The van der Waals surface area contributed by atoms with Crippen LogP contribution in [0.4, 0.5) is 0 Å². The minimum atomic E-state index is -3.90. The predicted molar refractivity (Wildman–Crippen MR) is 139 cm³/mol. The third kappa shape index (κ3) is 4.12. The number of aromatic amines is 1. The number of H-pyrrole nitrogens is 1. The normalized spacial score (nSPS) is 21.4. The molecule has 2 bridgehead atoms. The van der Waals surface area contributed by atoms with Gasteiger partial charge in [-0.05, 0) is 55.0 Å². The molecule has 1 aliphatic heterocycles. The number of nitrogens with one attached hydrogen (secondary N) is 1. The predicted octanol–water partition coefficient (Wildman–Crippen LogP) is 5.07. The number of benzene rings is 3. The van der Waals surface area contributed by atoms with Crippen molar-refractivity contribution in [2.45, 2.75) is 42.8 Å². The van der Waals surface area contributed by atoms with Crippen molar-refractivity contribution in [3.05, 3.63) is 78.1 Å². The lowest BCUT2D eigenvalue weighted by Gasteiger charge is -2.33. The first-order chi connectivity index (χ1) is 18.0. The van der Waals surface area contributed by atoms with Gasteiger partial charge in [0.1, 0.15) is 40.1 Å². The average molecular weight is 520 g/mol. The molecular formula is C28H29N3O5S. The Hall–Kier alpha value is -3.56. The zero-order chi connectivity index (χ0) is 25.6. The van der Waals surface area contributed by atoms with E-state index in [1.807, 2.05) is 48.5 Å². The van der Waals surface area contributed by atoms with Crippen LogP contribution in [-0.4, -0.2) is 43.0 Å². The van der Waals surface area contributed by atoms with Crippen molar-refractivity contribution in [2.24, 2.45) is 5.92 Å². The van der Waals surface area contributed by atoms with Gasteiger partial charge in [0.25, 0.3) is 0 Å². The van der Waals surface area contributed by atoms with E-state index in [4.69, 9.17) is 19.2 Å². The molecule has 2 heterocycles. The molecule has 1 aromatic heterocycles. The lowest BCUT2D eigenvalue weighted by atomic mass is 9.99. The van der Waals surface area contributed by atoms with E-state index in [-0.39, 0.29) is 16.9 Å². The molecule has 3 atom stereocenters. The van der Waals surface area contributed by atoms with Crippen molar-refractivity contribution in [3.8, 4) is 17.2 Å². The van der Waals surface area contributed by atoms with Crippen LogP contribution in [0, 0.1) is 5.92 Å². The first-order valence-corrected chi connectivity index (χ1v) is 13.8. The Balaban J connectivity index is 1.38. The molecule has 37 heavy (non-hydrogen) atoms. The van der Waals surface area contributed by atoms with E-state index in [9.17, 15) is 8.42 Å². The van der Waals surface area contributed by atoms with Gasteiger partial charge in [-0.2, -0.15) is 4.31 Å². The molecule has 1 N–H and O–H groups in total. The molecule has 1 saturated heterocycles. The number of imidazole rings is 1. The molecule has 8 nitrogen and oxygen atoms in total. The van der Waals surface area contributed by atoms with E-state index in [0.717, 1.165) is 30.3 Å². The van der Waals surface area contributed by atoms with Gasteiger partial charge in [-0.25, -0.2) is 13.4 Å². The minimum Gasteiger partial charge on any atom is -0.497 e. The number of piperidine rings is 1. The monoisotopic (exact) mass is 519 g/mol. The fraction of sp³-hybridized carbons (Fsp3) is 0.321. The second kappa shape index (κ2) is 9.39. The largest absolute Gasteiger partial charge is 0.497 e. The summed E-state index contributed by atoms with van der Waals surface area (Å²) < 4.78 is 46.8. The fourth-order valence-corrected chi connectivity index (χ4v) is 7.80. The summed E-state index contributed by atoms with van der Waals surface area (Å²) in [5, 5.41) is 0. The van der Waals surface area contributed by atoms with Crippen LogP contribution in [-0.2, 0) is 16.6 Å². The molecule has 1 saturated carbocycles. The van der Waals surface area contributed by atoms with E-state index < -0.39 is 16.1 Å². The molecule has 0 unspecified atom stereocenters. The highest BCUT2D eigenvalue weighted by Gasteiger charge is 2.53. The molecular weight excluding hydrogens is 490 g/mol. The Kier molecular flexibility index (Phi) is 6.04. The van der Waals surface area contributed by atoms with Crippen molar-refractivity contribution in [3.63, 3.8) is 0 Å². The maximum Gasteiger partial charge on any atom is 0.247 e. The summed E-state index contributed by atoms with van der Waals surface area (Å²) >= 11 is 0. The molecule has 0 radical (unpaired) electrons. The van der Waals surface area contributed by atoms with E-state index >= 15 is 0 Å². The molecule has 0 spiro atoms. The number of ether oxygens (including phenoxy) is 3. The molecule has 2 fully saturated rings. The summed E-state index contributed by atoms with van der Waals surface area (Å²) in [7, 11) is -0.904. The summed E-state index contributed by atoms with van der Waals surface area (Å²) in [5.41, 5.74) is 2.58. The van der Waals surface area contributed by atoms with E-state index in [2.05, 4.69) is 4.98 Å². The van der Waals surface area contributed by atoms with Gasteiger partial charge in [0.05, 0.1) is 25.8 Å². The smallest absolute Gasteiger partial charge is 0.247 e. The highest BCUT2D eigenvalue weighted by atomic mass is 32.2. The Morgan fingerprint density at radius 2 is 1.81 bits per heavy atom. The summed E-state index contributed by atoms with van der Waals surface area (Å²) in [5.74, 6) is 2.25. The van der Waals surface area contributed by atoms with Crippen molar-refractivity contribution in [2.75, 3.05) is 14.2 Å². The summed E-state index contributed by atoms with van der Waals surface area (Å²) in [6, 6.07) is 20.1. The Labute approximate surface area is 216 Å². The van der Waals surface area contributed by atoms with Crippen molar-refractivity contribution in [1.29, 1.82) is 0 Å². The third-order valence-electron chi connectivity index (χ3n) is 7.46. The van der Waals surface area contributed by atoms with E-state index in [0.29, 0.717) is 35.2 Å². The van der Waals surface area contributed by atoms with Gasteiger partial charge in [-0.3, -0.25) is 0 Å². The highest BCUT2D eigenvalue weighted by Crippen LogP contribution is 2.53. The van der Waals surface area contributed by atoms with Crippen LogP contribution < -0.4 is 14.2 Å². The van der Waals surface area contributed by atoms with Crippen LogP contribution in [0.25, 0.3) is 11.0 Å². The van der Waals surface area contributed by atoms with Gasteiger partial charge < -0.3 is 19.2 Å². The van der Waals surface area contributed by atoms with E-state index in [1.54, 1.807) is 16.4 Å². The summed E-state index contributed by atoms with van der Waals surface area (Å²) in [4.78, 5) is 8.44. The Morgan fingerprint density at radius 3 is 2.59 bits per heavy atom. The summed E-state index contributed by atoms with van der Waals surface area (Å²) in [6.07, 6.45) is 2.61. The first-order valence-electron chi connectivity index (χ1n) is 12.4. The fourth-order valence-electron chi connectivity index (χ4n) is 5.75. The highest BCUT2D eigenvalue weighted by molar-refractivity contribution is 7.89. The van der Waals surface area contributed by atoms with Gasteiger partial charge in [0.2, 0.25) is 10.0 Å². The summed E-state index contributed by atoms with van der Waals surface area (Å²) in [6.45, 7) is 0.423. The Morgan fingerprint density at radius 1 is 0.973 bits per heavy atom. The third-order valence-corrected chi connectivity index (χ3v) is 9.42. The molecule has 0 amide bonds. The molecule has 3 aromatic carbocycles. The number of rotatable bonds is 8. The number of nitrogens with zero attached hydrogens (tertiary/aromatic N) is 2. The quantitative estimate of drug-likeness (QED) is 0.349. The van der Waals surface area contributed by atoms with Crippen LogP contribution in [0.15, 0.2) is 71.6 Å². The van der Waals surface area contributed by atoms with Crippen molar-refractivity contribution < 1.29 is 22.6 Å².